The summed E-state index contributed by atoms with van der Waals surface area (Å²) in [4.78, 5) is 32.3. The lowest BCUT2D eigenvalue weighted by atomic mass is 10.1. The Labute approximate surface area is 155 Å². The van der Waals surface area contributed by atoms with E-state index < -0.39 is 0 Å². The van der Waals surface area contributed by atoms with Crippen molar-refractivity contribution >= 4 is 29.0 Å². The molecule has 1 aromatic carbocycles. The second-order valence-electron chi connectivity index (χ2n) is 6.09. The molecule has 0 fully saturated rings. The fourth-order valence-electron chi connectivity index (χ4n) is 3.18. The van der Waals surface area contributed by atoms with Gasteiger partial charge in [-0.2, -0.15) is 0 Å². The maximum atomic E-state index is 12.9. The first kappa shape index (κ1) is 16.5. The van der Waals surface area contributed by atoms with Crippen molar-refractivity contribution in [1.29, 1.82) is 0 Å². The average Bonchev–Trinajstić information content (AvgIpc) is 3.30. The Bertz CT molecular complexity index is 925. The number of hydrogen-bond acceptors (Lipinski definition) is 4. The van der Waals surface area contributed by atoms with E-state index in [0.717, 1.165) is 16.0 Å². The first-order valence-electron chi connectivity index (χ1n) is 8.35. The number of thiophene rings is 1. The number of hydrogen-bond donors (Lipinski definition) is 1. The van der Waals surface area contributed by atoms with Crippen LogP contribution in [0.1, 0.15) is 33.3 Å². The highest BCUT2D eigenvalue weighted by Gasteiger charge is 2.34. The monoisotopic (exact) mass is 363 g/mol. The molecule has 1 N–H and O–H groups in total. The van der Waals surface area contributed by atoms with E-state index in [4.69, 9.17) is 0 Å². The molecule has 0 radical (unpaired) electrons. The summed E-state index contributed by atoms with van der Waals surface area (Å²) < 4.78 is 0. The molecule has 5 nitrogen and oxygen atoms in total. The maximum Gasteiger partial charge on any atom is 0.255 e. The smallest absolute Gasteiger partial charge is 0.255 e. The molecule has 4 rings (SSSR count). The van der Waals surface area contributed by atoms with Gasteiger partial charge in [-0.3, -0.25) is 9.59 Å². The Morgan fingerprint density at radius 3 is 2.73 bits per heavy atom. The summed E-state index contributed by atoms with van der Waals surface area (Å²) in [7, 11) is 0. The van der Waals surface area contributed by atoms with E-state index >= 15 is 0 Å². The number of carbonyl (C=O) groups is 2. The van der Waals surface area contributed by atoms with Crippen molar-refractivity contribution in [2.24, 2.45) is 0 Å². The number of benzene rings is 1. The van der Waals surface area contributed by atoms with E-state index in [1.807, 2.05) is 47.8 Å². The summed E-state index contributed by atoms with van der Waals surface area (Å²) in [5.74, 6) is 0.328. The lowest BCUT2D eigenvalue weighted by Crippen LogP contribution is -2.31. The predicted octanol–water partition coefficient (Wildman–Crippen LogP) is 3.87. The molecule has 0 bridgehead atoms. The number of amides is 2. The molecule has 26 heavy (non-hydrogen) atoms. The number of nitrogens with one attached hydrogen (secondary N) is 1. The molecule has 1 atom stereocenters. The fourth-order valence-corrected chi connectivity index (χ4v) is 4.02. The van der Waals surface area contributed by atoms with Crippen LogP contribution in [-0.4, -0.2) is 21.7 Å². The topological polar surface area (TPSA) is 62.3 Å². The Morgan fingerprint density at radius 1 is 1.15 bits per heavy atom. The number of anilines is 1. The molecule has 6 heteroatoms. The highest BCUT2D eigenvalue weighted by atomic mass is 32.1. The Morgan fingerprint density at radius 2 is 2.00 bits per heavy atom. The molecule has 130 valence electrons. The molecule has 2 amide bonds. The van der Waals surface area contributed by atoms with Crippen LogP contribution >= 0.6 is 11.3 Å². The number of nitrogens with zero attached hydrogens (tertiary/aromatic N) is 2. The Kier molecular flexibility index (Phi) is 4.50. The molecular weight excluding hydrogens is 346 g/mol. The number of rotatable bonds is 5. The summed E-state index contributed by atoms with van der Waals surface area (Å²) in [6, 6.07) is 16.6. The lowest BCUT2D eigenvalue weighted by molar-refractivity contribution is -0.117. The number of pyridine rings is 1. The predicted molar refractivity (Wildman–Crippen MR) is 101 cm³/mol. The first-order chi connectivity index (χ1) is 12.7. The van der Waals surface area contributed by atoms with Crippen LogP contribution in [0.2, 0.25) is 0 Å². The van der Waals surface area contributed by atoms with Gasteiger partial charge in [0.2, 0.25) is 5.91 Å². The largest absolute Gasteiger partial charge is 0.326 e. The van der Waals surface area contributed by atoms with Gasteiger partial charge in [0.25, 0.3) is 5.91 Å². The van der Waals surface area contributed by atoms with Crippen molar-refractivity contribution in [1.82, 2.24) is 9.88 Å². The number of carbonyl (C=O) groups excluding carboxylic acids is 2. The molecule has 0 saturated heterocycles. The summed E-state index contributed by atoms with van der Waals surface area (Å²) >= 11 is 1.56. The van der Waals surface area contributed by atoms with Crippen molar-refractivity contribution in [3.63, 3.8) is 0 Å². The van der Waals surface area contributed by atoms with Gasteiger partial charge in [-0.15, -0.1) is 11.3 Å². The Hall–Kier alpha value is -2.99. The number of aromatic nitrogens is 1. The van der Waals surface area contributed by atoms with Crippen LogP contribution in [-0.2, 0) is 11.3 Å². The third kappa shape index (κ3) is 3.23. The molecule has 0 spiro atoms. The van der Waals surface area contributed by atoms with Crippen LogP contribution in [0, 0.1) is 0 Å². The lowest BCUT2D eigenvalue weighted by Gasteiger charge is -2.26. The van der Waals surface area contributed by atoms with Gasteiger partial charge in [-0.1, -0.05) is 30.3 Å². The maximum absolute atomic E-state index is 12.9. The zero-order chi connectivity index (χ0) is 17.9. The van der Waals surface area contributed by atoms with Crippen molar-refractivity contribution < 1.29 is 9.59 Å². The molecule has 0 unspecified atom stereocenters. The van der Waals surface area contributed by atoms with Crippen LogP contribution in [0.5, 0.6) is 0 Å². The number of fused-ring (bicyclic) bond motifs is 1. The van der Waals surface area contributed by atoms with E-state index in [1.54, 1.807) is 34.6 Å². The summed E-state index contributed by atoms with van der Waals surface area (Å²) in [5, 5.41) is 4.78. The third-order valence-electron chi connectivity index (χ3n) is 4.41. The van der Waals surface area contributed by atoms with Crippen LogP contribution in [0.25, 0.3) is 0 Å². The van der Waals surface area contributed by atoms with Crippen LogP contribution in [0.3, 0.4) is 0 Å². The van der Waals surface area contributed by atoms with E-state index in [0.29, 0.717) is 12.4 Å². The first-order valence-corrected chi connectivity index (χ1v) is 9.23. The molecule has 1 aliphatic rings. The van der Waals surface area contributed by atoms with Gasteiger partial charge in [0, 0.05) is 23.2 Å². The summed E-state index contributed by atoms with van der Waals surface area (Å²) in [5.41, 5.74) is 1.73. The molecule has 0 aliphatic carbocycles. The zero-order valence-electron chi connectivity index (χ0n) is 14.0. The highest BCUT2D eigenvalue weighted by molar-refractivity contribution is 7.10. The van der Waals surface area contributed by atoms with Crippen molar-refractivity contribution in [3.8, 4) is 0 Å². The van der Waals surface area contributed by atoms with E-state index in [2.05, 4.69) is 10.3 Å². The Balaban J connectivity index is 1.57. The highest BCUT2D eigenvalue weighted by Crippen LogP contribution is 2.35. The minimum atomic E-state index is -0.293. The SMILES string of the molecule is O=C(C[C@H](c1cccs1)N1Cc2ccccc2C1=O)Nc1ccccn1. The van der Waals surface area contributed by atoms with Crippen molar-refractivity contribution in [2.45, 2.75) is 19.0 Å². The third-order valence-corrected chi connectivity index (χ3v) is 5.38. The fraction of sp³-hybridized carbons (Fsp3) is 0.150. The van der Waals surface area contributed by atoms with Crippen LogP contribution in [0.15, 0.2) is 66.2 Å². The van der Waals surface area contributed by atoms with Gasteiger partial charge < -0.3 is 10.2 Å². The van der Waals surface area contributed by atoms with E-state index in [9.17, 15) is 9.59 Å². The minimum Gasteiger partial charge on any atom is -0.326 e. The molecule has 0 saturated carbocycles. The van der Waals surface area contributed by atoms with Crippen molar-refractivity contribution in [3.05, 3.63) is 82.2 Å². The van der Waals surface area contributed by atoms with Crippen LogP contribution < -0.4 is 5.32 Å². The van der Waals surface area contributed by atoms with Crippen LogP contribution in [0.4, 0.5) is 5.82 Å². The molecule has 1 aliphatic heterocycles. The van der Waals surface area contributed by atoms with E-state index in [-0.39, 0.29) is 24.3 Å². The van der Waals surface area contributed by atoms with Crippen molar-refractivity contribution in [2.75, 3.05) is 5.32 Å². The summed E-state index contributed by atoms with van der Waals surface area (Å²) in [6.45, 7) is 0.522. The molecule has 2 aromatic heterocycles. The molecule has 3 aromatic rings. The van der Waals surface area contributed by atoms with Gasteiger partial charge in [-0.05, 0) is 35.2 Å². The van der Waals surface area contributed by atoms with Gasteiger partial charge in [-0.25, -0.2) is 4.98 Å². The standard InChI is InChI=1S/C20H17N3O2S/c24-19(22-18-9-3-4-10-21-18)12-16(17-8-5-11-26-17)23-13-14-6-1-2-7-15(14)20(23)25/h1-11,16H,12-13H2,(H,21,22,24)/t16-/m1/s1. The molecule has 3 heterocycles. The van der Waals surface area contributed by atoms with Gasteiger partial charge in [0.1, 0.15) is 5.82 Å². The second kappa shape index (κ2) is 7.09. The second-order valence-corrected chi connectivity index (χ2v) is 7.07. The van der Waals surface area contributed by atoms with E-state index in [1.165, 1.54) is 0 Å². The molecular formula is C20H17N3O2S. The average molecular weight is 363 g/mol. The van der Waals surface area contributed by atoms with Gasteiger partial charge in [0.05, 0.1) is 12.5 Å². The quantitative estimate of drug-likeness (QED) is 0.748. The zero-order valence-corrected chi connectivity index (χ0v) is 14.8. The summed E-state index contributed by atoms with van der Waals surface area (Å²) in [6.07, 6.45) is 1.82. The van der Waals surface area contributed by atoms with Gasteiger partial charge >= 0.3 is 0 Å². The minimum absolute atomic E-state index is 0.0235. The normalized spacial score (nSPS) is 14.2. The van der Waals surface area contributed by atoms with Gasteiger partial charge in [0.15, 0.2) is 0 Å².